The summed E-state index contributed by atoms with van der Waals surface area (Å²) < 4.78 is 11.1. The summed E-state index contributed by atoms with van der Waals surface area (Å²) in [7, 11) is 0. The summed E-state index contributed by atoms with van der Waals surface area (Å²) in [6.07, 6.45) is 6.76. The van der Waals surface area contributed by atoms with Crippen LogP contribution in [0.4, 0.5) is 5.69 Å². The molecule has 1 N–H and O–H groups in total. The zero-order valence-corrected chi connectivity index (χ0v) is 14.6. The molecule has 1 atom stereocenters. The zero-order valence-electron chi connectivity index (χ0n) is 14.6. The minimum absolute atomic E-state index is 0.200. The highest BCUT2D eigenvalue weighted by molar-refractivity contribution is 5.93. The average molecular weight is 343 g/mol. The predicted molar refractivity (Wildman–Crippen MR) is 95.6 cm³/mol. The quantitative estimate of drug-likeness (QED) is 0.837. The van der Waals surface area contributed by atoms with Crippen molar-refractivity contribution in [3.63, 3.8) is 0 Å². The van der Waals surface area contributed by atoms with Crippen LogP contribution < -0.4 is 10.2 Å². The normalized spacial score (nSPS) is 17.5. The summed E-state index contributed by atoms with van der Waals surface area (Å²) in [6.45, 7) is 5.11. The number of ether oxygens (including phenoxy) is 1. The Labute approximate surface area is 148 Å². The van der Waals surface area contributed by atoms with Crippen molar-refractivity contribution in [1.29, 1.82) is 0 Å². The van der Waals surface area contributed by atoms with Gasteiger partial charge in [-0.05, 0) is 43.5 Å². The first-order chi connectivity index (χ1) is 12.3. The molecule has 6 nitrogen and oxygen atoms in total. The SMILES string of the molecule is CCCO[C@@H]1CCCN(c2ccnc(C(=O)NCc3ccco3)c2)C1. The first-order valence-electron chi connectivity index (χ1n) is 8.89. The van der Waals surface area contributed by atoms with Gasteiger partial charge in [0.05, 0.1) is 18.9 Å². The van der Waals surface area contributed by atoms with Crippen LogP contribution in [0.1, 0.15) is 42.4 Å². The largest absolute Gasteiger partial charge is 0.467 e. The van der Waals surface area contributed by atoms with Gasteiger partial charge in [-0.3, -0.25) is 9.78 Å². The van der Waals surface area contributed by atoms with Crippen molar-refractivity contribution in [3.05, 3.63) is 48.2 Å². The van der Waals surface area contributed by atoms with E-state index >= 15 is 0 Å². The smallest absolute Gasteiger partial charge is 0.270 e. The maximum Gasteiger partial charge on any atom is 0.270 e. The van der Waals surface area contributed by atoms with Crippen molar-refractivity contribution < 1.29 is 13.9 Å². The Kier molecular flexibility index (Phi) is 6.06. The van der Waals surface area contributed by atoms with Gasteiger partial charge >= 0.3 is 0 Å². The van der Waals surface area contributed by atoms with Gasteiger partial charge in [-0.2, -0.15) is 0 Å². The molecule has 1 aliphatic rings. The maximum absolute atomic E-state index is 12.3. The maximum atomic E-state index is 12.3. The lowest BCUT2D eigenvalue weighted by Gasteiger charge is -2.34. The van der Waals surface area contributed by atoms with Crippen molar-refractivity contribution in [2.24, 2.45) is 0 Å². The lowest BCUT2D eigenvalue weighted by atomic mass is 10.1. The number of nitrogens with zero attached hydrogens (tertiary/aromatic N) is 2. The molecule has 1 fully saturated rings. The standard InChI is InChI=1S/C19H25N3O3/c1-2-10-24-17-5-3-9-22(14-17)15-7-8-20-18(12-15)19(23)21-13-16-6-4-11-25-16/h4,6-8,11-12,17H,2-3,5,9-10,13-14H2,1H3,(H,21,23)/t17-/m1/s1. The molecule has 3 rings (SSSR count). The number of carbonyl (C=O) groups excluding carboxylic acids is 1. The van der Waals surface area contributed by atoms with E-state index in [1.54, 1.807) is 18.5 Å². The summed E-state index contributed by atoms with van der Waals surface area (Å²) in [5.74, 6) is 0.519. The van der Waals surface area contributed by atoms with Crippen LogP contribution in [-0.2, 0) is 11.3 Å². The van der Waals surface area contributed by atoms with Crippen LogP contribution in [0, 0.1) is 0 Å². The Morgan fingerprint density at radius 3 is 3.20 bits per heavy atom. The Balaban J connectivity index is 1.61. The van der Waals surface area contributed by atoms with Crippen LogP contribution in [-0.4, -0.2) is 36.7 Å². The number of hydrogen-bond acceptors (Lipinski definition) is 5. The fraction of sp³-hybridized carbons (Fsp3) is 0.474. The van der Waals surface area contributed by atoms with E-state index in [1.165, 1.54) is 0 Å². The third-order valence-corrected chi connectivity index (χ3v) is 4.28. The third kappa shape index (κ3) is 4.82. The monoisotopic (exact) mass is 343 g/mol. The summed E-state index contributed by atoms with van der Waals surface area (Å²) in [6, 6.07) is 7.42. The van der Waals surface area contributed by atoms with Gasteiger partial charge in [-0.25, -0.2) is 0 Å². The molecule has 0 bridgehead atoms. The van der Waals surface area contributed by atoms with E-state index in [9.17, 15) is 4.79 Å². The average Bonchev–Trinajstić information content (AvgIpc) is 3.18. The van der Waals surface area contributed by atoms with E-state index in [1.807, 2.05) is 18.2 Å². The highest BCUT2D eigenvalue weighted by Crippen LogP contribution is 2.22. The molecule has 3 heterocycles. The molecule has 2 aromatic rings. The second-order valence-corrected chi connectivity index (χ2v) is 6.24. The summed E-state index contributed by atoms with van der Waals surface area (Å²) in [5.41, 5.74) is 1.43. The number of anilines is 1. The number of amides is 1. The van der Waals surface area contributed by atoms with Gasteiger partial charge < -0.3 is 19.4 Å². The van der Waals surface area contributed by atoms with Gasteiger partial charge in [-0.1, -0.05) is 6.92 Å². The van der Waals surface area contributed by atoms with Gasteiger partial charge in [0.15, 0.2) is 0 Å². The lowest BCUT2D eigenvalue weighted by Crippen LogP contribution is -2.40. The first-order valence-corrected chi connectivity index (χ1v) is 8.89. The van der Waals surface area contributed by atoms with Gasteiger partial charge in [0.25, 0.3) is 5.91 Å². The Morgan fingerprint density at radius 1 is 1.48 bits per heavy atom. The first kappa shape index (κ1) is 17.5. The number of nitrogens with one attached hydrogen (secondary N) is 1. The molecule has 2 aromatic heterocycles. The van der Waals surface area contributed by atoms with Crippen LogP contribution in [0.15, 0.2) is 41.1 Å². The second kappa shape index (κ2) is 8.67. The lowest BCUT2D eigenvalue weighted by molar-refractivity contribution is 0.0440. The number of aromatic nitrogens is 1. The molecule has 25 heavy (non-hydrogen) atoms. The highest BCUT2D eigenvalue weighted by atomic mass is 16.5. The topological polar surface area (TPSA) is 67.6 Å². The van der Waals surface area contributed by atoms with Gasteiger partial charge in [0.2, 0.25) is 0 Å². The van der Waals surface area contributed by atoms with Crippen molar-refractivity contribution in [2.75, 3.05) is 24.6 Å². The molecule has 134 valence electrons. The Morgan fingerprint density at radius 2 is 2.40 bits per heavy atom. The van der Waals surface area contributed by atoms with Crippen molar-refractivity contribution in [2.45, 2.75) is 38.8 Å². The Bertz CT molecular complexity index is 672. The van der Waals surface area contributed by atoms with Crippen molar-refractivity contribution in [3.8, 4) is 0 Å². The molecular weight excluding hydrogens is 318 g/mol. The van der Waals surface area contributed by atoms with Crippen LogP contribution in [0.25, 0.3) is 0 Å². The van der Waals surface area contributed by atoms with Crippen LogP contribution >= 0.6 is 0 Å². The highest BCUT2D eigenvalue weighted by Gasteiger charge is 2.21. The molecule has 0 unspecified atom stereocenters. The number of hydrogen-bond donors (Lipinski definition) is 1. The molecule has 0 aromatic carbocycles. The number of carbonyl (C=O) groups is 1. The van der Waals surface area contributed by atoms with Gasteiger partial charge in [0, 0.05) is 31.6 Å². The molecular formula is C19H25N3O3. The number of pyridine rings is 1. The van der Waals surface area contributed by atoms with E-state index in [-0.39, 0.29) is 12.0 Å². The molecule has 1 aliphatic heterocycles. The molecule has 6 heteroatoms. The Hall–Kier alpha value is -2.34. The molecule has 1 amide bonds. The van der Waals surface area contributed by atoms with Crippen molar-refractivity contribution >= 4 is 11.6 Å². The molecule has 0 aliphatic carbocycles. The number of piperidine rings is 1. The van der Waals surface area contributed by atoms with E-state index in [0.717, 1.165) is 50.4 Å². The molecule has 0 radical (unpaired) electrons. The predicted octanol–water partition coefficient (Wildman–Crippen LogP) is 3.00. The minimum atomic E-state index is -0.200. The summed E-state index contributed by atoms with van der Waals surface area (Å²) in [5, 5.41) is 2.83. The summed E-state index contributed by atoms with van der Waals surface area (Å²) >= 11 is 0. The van der Waals surface area contributed by atoms with E-state index in [0.29, 0.717) is 12.2 Å². The van der Waals surface area contributed by atoms with Crippen LogP contribution in [0.5, 0.6) is 0 Å². The van der Waals surface area contributed by atoms with Gasteiger partial charge in [0.1, 0.15) is 11.5 Å². The molecule has 1 saturated heterocycles. The van der Waals surface area contributed by atoms with Crippen LogP contribution in [0.3, 0.4) is 0 Å². The molecule has 0 saturated carbocycles. The fourth-order valence-electron chi connectivity index (χ4n) is 3.00. The third-order valence-electron chi connectivity index (χ3n) is 4.28. The van der Waals surface area contributed by atoms with Crippen LogP contribution in [0.2, 0.25) is 0 Å². The second-order valence-electron chi connectivity index (χ2n) is 6.24. The summed E-state index contributed by atoms with van der Waals surface area (Å²) in [4.78, 5) is 18.8. The molecule has 0 spiro atoms. The van der Waals surface area contributed by atoms with E-state index in [2.05, 4.69) is 22.1 Å². The fourth-order valence-corrected chi connectivity index (χ4v) is 3.00. The zero-order chi connectivity index (χ0) is 17.5. The van der Waals surface area contributed by atoms with E-state index < -0.39 is 0 Å². The van der Waals surface area contributed by atoms with Crippen molar-refractivity contribution in [1.82, 2.24) is 10.3 Å². The minimum Gasteiger partial charge on any atom is -0.467 e. The van der Waals surface area contributed by atoms with Gasteiger partial charge in [-0.15, -0.1) is 0 Å². The number of rotatable bonds is 7. The number of furan rings is 1. The van der Waals surface area contributed by atoms with E-state index in [4.69, 9.17) is 9.15 Å².